The molecule has 2 aromatic rings. The van der Waals surface area contributed by atoms with E-state index < -0.39 is 0 Å². The van der Waals surface area contributed by atoms with Gasteiger partial charge in [-0.2, -0.15) is 0 Å². The van der Waals surface area contributed by atoms with Gasteiger partial charge in [-0.1, -0.05) is 59.2 Å². The third kappa shape index (κ3) is 3.28. The Morgan fingerprint density at radius 1 is 1.14 bits per heavy atom. The summed E-state index contributed by atoms with van der Waals surface area (Å²) >= 11 is 5.86. The summed E-state index contributed by atoms with van der Waals surface area (Å²) in [5.41, 5.74) is 7.60. The summed E-state index contributed by atoms with van der Waals surface area (Å²) in [4.78, 5) is 16.9. The normalized spacial score (nSPS) is 20.5. The number of hydrogen-bond acceptors (Lipinski definition) is 3. The van der Waals surface area contributed by atoms with Crippen LogP contribution in [0.1, 0.15) is 23.5 Å². The van der Waals surface area contributed by atoms with E-state index in [0.29, 0.717) is 5.02 Å². The number of amidine groups is 1. The number of nitrogens with two attached hydrogens (primary N) is 1. The molecular formula is C17H15ClN2O2. The molecule has 1 saturated carbocycles. The molecule has 2 atom stereocenters. The zero-order chi connectivity index (χ0) is 15.5. The third-order valence-electron chi connectivity index (χ3n) is 3.69. The second kappa shape index (κ2) is 6.20. The summed E-state index contributed by atoms with van der Waals surface area (Å²) in [5, 5.41) is 4.41. The molecule has 0 aliphatic heterocycles. The Labute approximate surface area is 133 Å². The van der Waals surface area contributed by atoms with Gasteiger partial charge in [0.1, 0.15) is 0 Å². The minimum absolute atomic E-state index is 0.159. The molecule has 0 saturated heterocycles. The molecule has 22 heavy (non-hydrogen) atoms. The van der Waals surface area contributed by atoms with Crippen LogP contribution in [0.2, 0.25) is 5.02 Å². The van der Waals surface area contributed by atoms with Crippen molar-refractivity contribution < 1.29 is 9.63 Å². The average molecular weight is 315 g/mol. The van der Waals surface area contributed by atoms with Crippen molar-refractivity contribution in [1.29, 1.82) is 0 Å². The van der Waals surface area contributed by atoms with Gasteiger partial charge in [0.2, 0.25) is 0 Å². The predicted octanol–water partition coefficient (Wildman–Crippen LogP) is 3.31. The molecule has 0 radical (unpaired) electrons. The molecule has 2 unspecified atom stereocenters. The van der Waals surface area contributed by atoms with Crippen molar-refractivity contribution >= 4 is 23.4 Å². The van der Waals surface area contributed by atoms with Crippen LogP contribution in [0.15, 0.2) is 59.8 Å². The van der Waals surface area contributed by atoms with E-state index in [1.807, 2.05) is 42.5 Å². The summed E-state index contributed by atoms with van der Waals surface area (Å²) < 4.78 is 0. The molecule has 4 nitrogen and oxygen atoms in total. The smallest absolute Gasteiger partial charge is 0.338 e. The molecule has 2 N–H and O–H groups in total. The number of halogens is 1. The first-order chi connectivity index (χ1) is 10.6. The van der Waals surface area contributed by atoms with E-state index >= 15 is 0 Å². The average Bonchev–Trinajstić information content (AvgIpc) is 3.34. The van der Waals surface area contributed by atoms with Crippen molar-refractivity contribution in [2.45, 2.75) is 12.3 Å². The second-order valence-electron chi connectivity index (χ2n) is 5.25. The number of benzene rings is 2. The zero-order valence-corrected chi connectivity index (χ0v) is 12.5. The molecule has 1 aliphatic carbocycles. The van der Waals surface area contributed by atoms with Gasteiger partial charge in [-0.3, -0.25) is 0 Å². The van der Waals surface area contributed by atoms with Crippen molar-refractivity contribution in [1.82, 2.24) is 0 Å². The van der Waals surface area contributed by atoms with Crippen LogP contribution in [0.3, 0.4) is 0 Å². The van der Waals surface area contributed by atoms with E-state index in [-0.39, 0.29) is 23.6 Å². The summed E-state index contributed by atoms with van der Waals surface area (Å²) in [7, 11) is 0. The number of rotatable bonds is 4. The molecule has 1 aliphatic rings. The van der Waals surface area contributed by atoms with Crippen LogP contribution in [0.4, 0.5) is 0 Å². The standard InChI is InChI=1S/C17H15ClN2O2/c18-13-8-6-11(7-9-13)14-10-15(14)17(21)22-20-16(19)12-4-2-1-3-5-12/h1-9,14-15H,10H2,(H2,19,20). The SMILES string of the molecule is N/C(=N\OC(=O)C1CC1c1ccc(Cl)cc1)c1ccccc1. The number of hydrogen-bond donors (Lipinski definition) is 1. The summed E-state index contributed by atoms with van der Waals surface area (Å²) in [6, 6.07) is 16.7. The first-order valence-corrected chi connectivity index (χ1v) is 7.38. The second-order valence-corrected chi connectivity index (χ2v) is 5.69. The Morgan fingerprint density at radius 2 is 1.82 bits per heavy atom. The fourth-order valence-electron chi connectivity index (χ4n) is 2.36. The minimum atomic E-state index is -0.348. The van der Waals surface area contributed by atoms with Crippen LogP contribution in [0.25, 0.3) is 0 Å². The lowest BCUT2D eigenvalue weighted by atomic mass is 10.1. The molecule has 5 heteroatoms. The minimum Gasteiger partial charge on any atom is -0.380 e. The molecule has 0 bridgehead atoms. The molecule has 3 rings (SSSR count). The number of oxime groups is 1. The number of nitrogens with zero attached hydrogens (tertiary/aromatic N) is 1. The van der Waals surface area contributed by atoms with Crippen LogP contribution in [0, 0.1) is 5.92 Å². The molecule has 112 valence electrons. The maximum absolute atomic E-state index is 12.0. The first kappa shape index (κ1) is 14.6. The summed E-state index contributed by atoms with van der Waals surface area (Å²) in [5.74, 6) is -0.136. The highest BCUT2D eigenvalue weighted by Gasteiger charge is 2.45. The lowest BCUT2D eigenvalue weighted by Gasteiger charge is -2.01. The van der Waals surface area contributed by atoms with Gasteiger partial charge in [0.15, 0.2) is 5.84 Å². The Bertz CT molecular complexity index is 698. The fraction of sp³-hybridized carbons (Fsp3) is 0.176. The van der Waals surface area contributed by atoms with Crippen molar-refractivity contribution in [2.75, 3.05) is 0 Å². The Morgan fingerprint density at radius 3 is 2.50 bits per heavy atom. The van der Waals surface area contributed by atoms with E-state index in [1.54, 1.807) is 12.1 Å². The van der Waals surface area contributed by atoms with E-state index in [9.17, 15) is 4.79 Å². The van der Waals surface area contributed by atoms with Crippen molar-refractivity contribution in [3.63, 3.8) is 0 Å². The third-order valence-corrected chi connectivity index (χ3v) is 3.95. The van der Waals surface area contributed by atoms with Crippen LogP contribution < -0.4 is 5.73 Å². The molecule has 0 heterocycles. The zero-order valence-electron chi connectivity index (χ0n) is 11.8. The molecular weight excluding hydrogens is 300 g/mol. The molecule has 0 spiro atoms. The van der Waals surface area contributed by atoms with Crippen molar-refractivity contribution in [2.24, 2.45) is 16.8 Å². The maximum atomic E-state index is 12.0. The van der Waals surface area contributed by atoms with Crippen LogP contribution in [-0.4, -0.2) is 11.8 Å². The van der Waals surface area contributed by atoms with Gasteiger partial charge < -0.3 is 10.6 Å². The van der Waals surface area contributed by atoms with E-state index in [2.05, 4.69) is 5.16 Å². The van der Waals surface area contributed by atoms with E-state index in [1.165, 1.54) is 0 Å². The Balaban J connectivity index is 1.59. The first-order valence-electron chi connectivity index (χ1n) is 7.00. The van der Waals surface area contributed by atoms with Gasteiger partial charge >= 0.3 is 5.97 Å². The molecule has 2 aromatic carbocycles. The van der Waals surface area contributed by atoms with E-state index in [0.717, 1.165) is 17.5 Å². The van der Waals surface area contributed by atoms with Gasteiger partial charge in [-0.25, -0.2) is 4.79 Å². The predicted molar refractivity (Wildman–Crippen MR) is 85.6 cm³/mol. The highest BCUT2D eigenvalue weighted by atomic mass is 35.5. The number of carbonyl (C=O) groups excluding carboxylic acids is 1. The highest BCUT2D eigenvalue weighted by Crippen LogP contribution is 2.48. The molecule has 0 amide bonds. The van der Waals surface area contributed by atoms with Crippen LogP contribution >= 0.6 is 11.6 Å². The lowest BCUT2D eigenvalue weighted by Crippen LogP contribution is -2.15. The van der Waals surface area contributed by atoms with Gasteiger partial charge in [0.25, 0.3) is 0 Å². The number of carbonyl (C=O) groups is 1. The summed E-state index contributed by atoms with van der Waals surface area (Å²) in [6.45, 7) is 0. The van der Waals surface area contributed by atoms with Crippen LogP contribution in [-0.2, 0) is 9.63 Å². The van der Waals surface area contributed by atoms with Crippen LogP contribution in [0.5, 0.6) is 0 Å². The van der Waals surface area contributed by atoms with Gasteiger partial charge in [-0.15, -0.1) is 0 Å². The summed E-state index contributed by atoms with van der Waals surface area (Å²) in [6.07, 6.45) is 0.765. The Kier molecular flexibility index (Phi) is 4.11. The molecule has 0 aromatic heterocycles. The van der Waals surface area contributed by atoms with Gasteiger partial charge in [0.05, 0.1) is 5.92 Å². The largest absolute Gasteiger partial charge is 0.380 e. The lowest BCUT2D eigenvalue weighted by molar-refractivity contribution is -0.145. The molecule has 1 fully saturated rings. The Hall–Kier alpha value is -2.33. The monoisotopic (exact) mass is 314 g/mol. The van der Waals surface area contributed by atoms with Crippen molar-refractivity contribution in [3.05, 3.63) is 70.7 Å². The van der Waals surface area contributed by atoms with Crippen molar-refractivity contribution in [3.8, 4) is 0 Å². The maximum Gasteiger partial charge on any atom is 0.338 e. The highest BCUT2D eigenvalue weighted by molar-refractivity contribution is 6.30. The van der Waals surface area contributed by atoms with Gasteiger partial charge in [0, 0.05) is 10.6 Å². The quantitative estimate of drug-likeness (QED) is 0.407. The van der Waals surface area contributed by atoms with Gasteiger partial charge in [-0.05, 0) is 30.0 Å². The van der Waals surface area contributed by atoms with E-state index in [4.69, 9.17) is 22.2 Å². The topological polar surface area (TPSA) is 64.7 Å². The fourth-order valence-corrected chi connectivity index (χ4v) is 2.48.